The maximum atomic E-state index is 5.77. The summed E-state index contributed by atoms with van der Waals surface area (Å²) in [6.45, 7) is 3.50. The zero-order valence-corrected chi connectivity index (χ0v) is 7.54. The standard InChI is InChI=1S/C8H5BrCl/c1-2-6-5-7(9)3-4-8(6)10/h3-5H,1H2. The second kappa shape index (κ2) is 3.22. The Hall–Kier alpha value is -0.270. The Morgan fingerprint density at radius 3 is 2.70 bits per heavy atom. The summed E-state index contributed by atoms with van der Waals surface area (Å²) < 4.78 is 0.989. The highest BCUT2D eigenvalue weighted by atomic mass is 79.9. The van der Waals surface area contributed by atoms with Crippen LogP contribution in [-0.2, 0) is 0 Å². The van der Waals surface area contributed by atoms with Gasteiger partial charge in [-0.25, -0.2) is 0 Å². The van der Waals surface area contributed by atoms with Crippen LogP contribution < -0.4 is 0 Å². The van der Waals surface area contributed by atoms with E-state index in [2.05, 4.69) is 28.6 Å². The number of benzene rings is 1. The van der Waals surface area contributed by atoms with Gasteiger partial charge in [0.05, 0.1) is 0 Å². The maximum Gasteiger partial charge on any atom is 0.0485 e. The molecular weight excluding hydrogens is 211 g/mol. The van der Waals surface area contributed by atoms with Crippen LogP contribution in [0.1, 0.15) is 5.56 Å². The van der Waals surface area contributed by atoms with Crippen molar-refractivity contribution in [1.82, 2.24) is 0 Å². The van der Waals surface area contributed by atoms with E-state index in [1.54, 1.807) is 6.07 Å². The fraction of sp³-hybridized carbons (Fsp3) is 0. The smallest absolute Gasteiger partial charge is 0.0485 e. The summed E-state index contributed by atoms with van der Waals surface area (Å²) in [5, 5.41) is 0.679. The Kier molecular flexibility index (Phi) is 2.52. The van der Waals surface area contributed by atoms with Gasteiger partial charge in [0.2, 0.25) is 0 Å². The minimum absolute atomic E-state index is 0.679. The van der Waals surface area contributed by atoms with E-state index in [-0.39, 0.29) is 0 Å². The molecule has 0 unspecified atom stereocenters. The van der Waals surface area contributed by atoms with Crippen molar-refractivity contribution in [3.8, 4) is 0 Å². The van der Waals surface area contributed by atoms with E-state index in [0.29, 0.717) is 5.02 Å². The van der Waals surface area contributed by atoms with Gasteiger partial charge in [0.25, 0.3) is 0 Å². The van der Waals surface area contributed by atoms with Gasteiger partial charge in [-0.15, -0.1) is 0 Å². The lowest BCUT2D eigenvalue weighted by molar-refractivity contribution is 1.55. The second-order valence-electron chi connectivity index (χ2n) is 1.80. The summed E-state index contributed by atoms with van der Waals surface area (Å²) in [7, 11) is 0. The van der Waals surface area contributed by atoms with E-state index in [1.807, 2.05) is 12.1 Å². The SMILES string of the molecule is C=[C]c1cc(Br)ccc1Cl. The lowest BCUT2D eigenvalue weighted by Gasteiger charge is -1.95. The van der Waals surface area contributed by atoms with Crippen LogP contribution in [0.15, 0.2) is 29.3 Å². The van der Waals surface area contributed by atoms with Gasteiger partial charge in [0.15, 0.2) is 0 Å². The minimum Gasteiger partial charge on any atom is -0.0905 e. The number of hydrogen-bond acceptors (Lipinski definition) is 0. The third kappa shape index (κ3) is 1.61. The summed E-state index contributed by atoms with van der Waals surface area (Å²) >= 11 is 9.08. The molecule has 0 aliphatic heterocycles. The second-order valence-corrected chi connectivity index (χ2v) is 3.12. The fourth-order valence-electron chi connectivity index (χ4n) is 0.633. The monoisotopic (exact) mass is 215 g/mol. The van der Waals surface area contributed by atoms with Crippen molar-refractivity contribution < 1.29 is 0 Å². The molecule has 0 heterocycles. The first-order valence-electron chi connectivity index (χ1n) is 2.72. The van der Waals surface area contributed by atoms with Gasteiger partial charge in [0, 0.05) is 15.1 Å². The molecule has 1 rings (SSSR count). The van der Waals surface area contributed by atoms with Crippen LogP contribution in [0.2, 0.25) is 5.02 Å². The summed E-state index contributed by atoms with van der Waals surface area (Å²) in [5.41, 5.74) is 0.830. The molecule has 0 N–H and O–H groups in total. The normalized spacial score (nSPS) is 9.40. The Morgan fingerprint density at radius 1 is 1.50 bits per heavy atom. The molecular formula is C8H5BrCl. The first-order valence-corrected chi connectivity index (χ1v) is 3.89. The van der Waals surface area contributed by atoms with Crippen molar-refractivity contribution in [2.75, 3.05) is 0 Å². The Balaban J connectivity index is 3.21. The lowest BCUT2D eigenvalue weighted by atomic mass is 10.2. The first-order chi connectivity index (χ1) is 4.74. The van der Waals surface area contributed by atoms with Crippen molar-refractivity contribution in [1.29, 1.82) is 0 Å². The highest BCUT2D eigenvalue weighted by Crippen LogP contribution is 2.20. The predicted molar refractivity (Wildman–Crippen MR) is 47.1 cm³/mol. The van der Waals surface area contributed by atoms with E-state index < -0.39 is 0 Å². The minimum atomic E-state index is 0.679. The van der Waals surface area contributed by atoms with Crippen molar-refractivity contribution in [2.24, 2.45) is 0 Å². The van der Waals surface area contributed by atoms with Gasteiger partial charge in [-0.1, -0.05) is 34.1 Å². The summed E-state index contributed by atoms with van der Waals surface area (Å²) in [6, 6.07) is 5.55. The van der Waals surface area contributed by atoms with Crippen LogP contribution in [-0.4, -0.2) is 0 Å². The van der Waals surface area contributed by atoms with E-state index >= 15 is 0 Å². The topological polar surface area (TPSA) is 0 Å². The average Bonchev–Trinajstić information content (AvgIpc) is 1.94. The maximum absolute atomic E-state index is 5.77. The Bertz CT molecular complexity index is 255. The first kappa shape index (κ1) is 7.83. The third-order valence-electron chi connectivity index (χ3n) is 1.12. The molecule has 0 aliphatic carbocycles. The zero-order valence-electron chi connectivity index (χ0n) is 5.20. The highest BCUT2D eigenvalue weighted by molar-refractivity contribution is 9.10. The van der Waals surface area contributed by atoms with Crippen molar-refractivity contribution in [3.63, 3.8) is 0 Å². The van der Waals surface area contributed by atoms with Gasteiger partial charge < -0.3 is 0 Å². The molecule has 10 heavy (non-hydrogen) atoms. The van der Waals surface area contributed by atoms with E-state index in [0.717, 1.165) is 10.0 Å². The molecule has 1 aromatic carbocycles. The van der Waals surface area contributed by atoms with Gasteiger partial charge in [-0.2, -0.15) is 0 Å². The molecule has 0 nitrogen and oxygen atoms in total. The lowest BCUT2D eigenvalue weighted by Crippen LogP contribution is -1.74. The van der Waals surface area contributed by atoms with Crippen LogP contribution in [0.3, 0.4) is 0 Å². The zero-order chi connectivity index (χ0) is 7.56. The summed E-state index contributed by atoms with van der Waals surface area (Å²) in [6.07, 6.45) is 2.72. The largest absolute Gasteiger partial charge is 0.0905 e. The van der Waals surface area contributed by atoms with Crippen molar-refractivity contribution >= 4 is 27.5 Å². The average molecular weight is 216 g/mol. The Labute approximate surface area is 73.6 Å². The number of rotatable bonds is 1. The van der Waals surface area contributed by atoms with Gasteiger partial charge >= 0.3 is 0 Å². The molecule has 0 saturated heterocycles. The van der Waals surface area contributed by atoms with E-state index in [4.69, 9.17) is 11.6 Å². The molecule has 2 heteroatoms. The third-order valence-corrected chi connectivity index (χ3v) is 1.94. The number of halogens is 2. The summed E-state index contributed by atoms with van der Waals surface area (Å²) in [4.78, 5) is 0. The van der Waals surface area contributed by atoms with E-state index in [1.165, 1.54) is 0 Å². The molecule has 0 spiro atoms. The predicted octanol–water partition coefficient (Wildman–Crippen LogP) is 3.44. The Morgan fingerprint density at radius 2 is 2.20 bits per heavy atom. The molecule has 0 amide bonds. The molecule has 51 valence electrons. The molecule has 0 atom stereocenters. The molecule has 0 aliphatic rings. The molecule has 0 bridgehead atoms. The molecule has 0 aromatic heterocycles. The highest BCUT2D eigenvalue weighted by Gasteiger charge is 1.95. The fourth-order valence-corrected chi connectivity index (χ4v) is 1.18. The van der Waals surface area contributed by atoms with Gasteiger partial charge in [-0.3, -0.25) is 0 Å². The summed E-state index contributed by atoms with van der Waals surface area (Å²) in [5.74, 6) is 0. The molecule has 1 radical (unpaired) electrons. The van der Waals surface area contributed by atoms with Crippen LogP contribution in [0.4, 0.5) is 0 Å². The van der Waals surface area contributed by atoms with Crippen LogP contribution in [0.25, 0.3) is 0 Å². The van der Waals surface area contributed by atoms with Gasteiger partial charge in [-0.05, 0) is 24.3 Å². The van der Waals surface area contributed by atoms with Crippen molar-refractivity contribution in [3.05, 3.63) is 45.9 Å². The number of hydrogen-bond donors (Lipinski definition) is 0. The van der Waals surface area contributed by atoms with E-state index in [9.17, 15) is 0 Å². The molecule has 1 aromatic rings. The quantitative estimate of drug-likeness (QED) is 0.675. The van der Waals surface area contributed by atoms with Crippen molar-refractivity contribution in [2.45, 2.75) is 0 Å². The van der Waals surface area contributed by atoms with Crippen LogP contribution in [0.5, 0.6) is 0 Å². The molecule has 0 saturated carbocycles. The van der Waals surface area contributed by atoms with Crippen LogP contribution in [0, 0.1) is 6.08 Å². The van der Waals surface area contributed by atoms with Crippen LogP contribution >= 0.6 is 27.5 Å². The molecule has 0 fully saturated rings. The van der Waals surface area contributed by atoms with Gasteiger partial charge in [0.1, 0.15) is 0 Å².